The first kappa shape index (κ1) is 14.1. The maximum atomic E-state index is 9.02. The van der Waals surface area contributed by atoms with Gasteiger partial charge in [-0.3, -0.25) is 4.68 Å². The first-order chi connectivity index (χ1) is 10.3. The van der Waals surface area contributed by atoms with Crippen molar-refractivity contribution in [1.29, 1.82) is 0 Å². The van der Waals surface area contributed by atoms with Crippen LogP contribution in [0.25, 0.3) is 11.0 Å². The Balaban J connectivity index is 1.99. The Labute approximate surface area is 124 Å². The Morgan fingerprint density at radius 3 is 2.67 bits per heavy atom. The number of aromatic nitrogens is 4. The number of aliphatic hydroxyl groups is 1. The van der Waals surface area contributed by atoms with Gasteiger partial charge in [-0.05, 0) is 12.8 Å². The van der Waals surface area contributed by atoms with Gasteiger partial charge in [-0.1, -0.05) is 12.8 Å². The zero-order valence-electron chi connectivity index (χ0n) is 12.4. The van der Waals surface area contributed by atoms with Crippen LogP contribution in [-0.2, 0) is 7.05 Å². The van der Waals surface area contributed by atoms with Crippen LogP contribution in [0.2, 0.25) is 0 Å². The first-order valence-corrected chi connectivity index (χ1v) is 7.59. The maximum absolute atomic E-state index is 9.02. The fourth-order valence-electron chi connectivity index (χ4n) is 2.73. The molecule has 7 nitrogen and oxygen atoms in total. The van der Waals surface area contributed by atoms with E-state index in [1.807, 2.05) is 7.05 Å². The lowest BCUT2D eigenvalue weighted by atomic mass is 10.2. The molecule has 0 spiro atoms. The minimum atomic E-state index is 0.0742. The Morgan fingerprint density at radius 1 is 1.19 bits per heavy atom. The molecule has 114 valence electrons. The van der Waals surface area contributed by atoms with Gasteiger partial charge in [0.15, 0.2) is 5.65 Å². The van der Waals surface area contributed by atoms with Crippen LogP contribution in [0.3, 0.4) is 0 Å². The molecule has 1 aliphatic heterocycles. The van der Waals surface area contributed by atoms with E-state index in [9.17, 15) is 0 Å². The van der Waals surface area contributed by atoms with E-state index in [0.29, 0.717) is 6.54 Å². The van der Waals surface area contributed by atoms with Crippen LogP contribution >= 0.6 is 0 Å². The Hall–Kier alpha value is -1.89. The third-order valence-electron chi connectivity index (χ3n) is 3.87. The Bertz CT molecular complexity index is 603. The third kappa shape index (κ3) is 2.92. The molecule has 0 bridgehead atoms. The lowest BCUT2D eigenvalue weighted by molar-refractivity contribution is 0.311. The normalized spacial score (nSPS) is 16.2. The van der Waals surface area contributed by atoms with Crippen LogP contribution in [0.5, 0.6) is 0 Å². The summed E-state index contributed by atoms with van der Waals surface area (Å²) in [6.07, 6.45) is 6.69. The van der Waals surface area contributed by atoms with Crippen molar-refractivity contribution >= 4 is 22.8 Å². The van der Waals surface area contributed by atoms with Crippen LogP contribution < -0.4 is 10.2 Å². The summed E-state index contributed by atoms with van der Waals surface area (Å²) in [4.78, 5) is 11.6. The second-order valence-electron chi connectivity index (χ2n) is 5.43. The second-order valence-corrected chi connectivity index (χ2v) is 5.43. The summed E-state index contributed by atoms with van der Waals surface area (Å²) in [6.45, 7) is 2.55. The van der Waals surface area contributed by atoms with Crippen LogP contribution in [-0.4, -0.2) is 51.1 Å². The largest absolute Gasteiger partial charge is 0.395 e. The van der Waals surface area contributed by atoms with Crippen molar-refractivity contribution in [2.75, 3.05) is 36.5 Å². The van der Waals surface area contributed by atoms with Crippen molar-refractivity contribution in [1.82, 2.24) is 19.7 Å². The fourth-order valence-corrected chi connectivity index (χ4v) is 2.73. The maximum Gasteiger partial charge on any atom is 0.229 e. The van der Waals surface area contributed by atoms with Gasteiger partial charge in [-0.25, -0.2) is 0 Å². The molecule has 7 heteroatoms. The SMILES string of the molecule is Cn1ncc2c(NCCO)nc(N3CCCCCC3)nc21. The molecule has 2 aromatic heterocycles. The molecule has 21 heavy (non-hydrogen) atoms. The van der Waals surface area contributed by atoms with Gasteiger partial charge in [-0.15, -0.1) is 0 Å². The number of aryl methyl sites for hydroxylation is 1. The zero-order chi connectivity index (χ0) is 14.7. The smallest absolute Gasteiger partial charge is 0.229 e. The topological polar surface area (TPSA) is 79.1 Å². The molecule has 0 aliphatic carbocycles. The Kier molecular flexibility index (Phi) is 4.19. The molecule has 3 heterocycles. The standard InChI is InChI=1S/C14H22N6O/c1-19-13-11(10-16-19)12(15-6-9-21)17-14(18-13)20-7-4-2-3-5-8-20/h10,21H,2-9H2,1H3,(H,15,17,18). The van der Waals surface area contributed by atoms with Crippen molar-refractivity contribution in [3.63, 3.8) is 0 Å². The molecule has 1 fully saturated rings. The number of nitrogens with zero attached hydrogens (tertiary/aromatic N) is 5. The van der Waals surface area contributed by atoms with E-state index in [1.165, 1.54) is 25.7 Å². The van der Waals surface area contributed by atoms with E-state index >= 15 is 0 Å². The number of fused-ring (bicyclic) bond motifs is 1. The highest BCUT2D eigenvalue weighted by atomic mass is 16.3. The molecule has 2 N–H and O–H groups in total. The Morgan fingerprint density at radius 2 is 1.95 bits per heavy atom. The molecule has 0 saturated carbocycles. The highest BCUT2D eigenvalue weighted by Gasteiger charge is 2.17. The monoisotopic (exact) mass is 290 g/mol. The lowest BCUT2D eigenvalue weighted by Crippen LogP contribution is -2.26. The molecule has 2 aromatic rings. The van der Waals surface area contributed by atoms with E-state index in [4.69, 9.17) is 5.11 Å². The summed E-state index contributed by atoms with van der Waals surface area (Å²) in [5.41, 5.74) is 0.824. The summed E-state index contributed by atoms with van der Waals surface area (Å²) in [7, 11) is 1.89. The molecular formula is C14H22N6O. The molecule has 0 amide bonds. The summed E-state index contributed by atoms with van der Waals surface area (Å²) >= 11 is 0. The van der Waals surface area contributed by atoms with Crippen molar-refractivity contribution in [2.45, 2.75) is 25.7 Å². The van der Waals surface area contributed by atoms with Crippen molar-refractivity contribution < 1.29 is 5.11 Å². The number of hydrogen-bond donors (Lipinski definition) is 2. The second kappa shape index (κ2) is 6.26. The predicted molar refractivity (Wildman–Crippen MR) is 82.6 cm³/mol. The molecule has 0 aromatic carbocycles. The van der Waals surface area contributed by atoms with E-state index in [1.54, 1.807) is 10.9 Å². The third-order valence-corrected chi connectivity index (χ3v) is 3.87. The van der Waals surface area contributed by atoms with Gasteiger partial charge in [0.2, 0.25) is 5.95 Å². The first-order valence-electron chi connectivity index (χ1n) is 7.59. The van der Waals surface area contributed by atoms with Gasteiger partial charge in [0.1, 0.15) is 5.82 Å². The van der Waals surface area contributed by atoms with Crippen LogP contribution in [0, 0.1) is 0 Å². The number of anilines is 2. The van der Waals surface area contributed by atoms with E-state index in [0.717, 1.165) is 35.9 Å². The zero-order valence-corrected chi connectivity index (χ0v) is 12.4. The average Bonchev–Trinajstić information content (AvgIpc) is 2.73. The van der Waals surface area contributed by atoms with Crippen molar-refractivity contribution in [3.8, 4) is 0 Å². The highest BCUT2D eigenvalue weighted by Crippen LogP contribution is 2.24. The number of nitrogens with one attached hydrogen (secondary N) is 1. The van der Waals surface area contributed by atoms with Gasteiger partial charge in [0.05, 0.1) is 18.2 Å². The average molecular weight is 290 g/mol. The van der Waals surface area contributed by atoms with E-state index < -0.39 is 0 Å². The predicted octanol–water partition coefficient (Wildman–Crippen LogP) is 1.15. The highest BCUT2D eigenvalue weighted by molar-refractivity contribution is 5.87. The minimum Gasteiger partial charge on any atom is -0.395 e. The van der Waals surface area contributed by atoms with E-state index in [2.05, 4.69) is 25.3 Å². The van der Waals surface area contributed by atoms with Gasteiger partial charge in [-0.2, -0.15) is 15.1 Å². The quantitative estimate of drug-likeness (QED) is 0.879. The van der Waals surface area contributed by atoms with Crippen molar-refractivity contribution in [3.05, 3.63) is 6.20 Å². The minimum absolute atomic E-state index is 0.0742. The van der Waals surface area contributed by atoms with Crippen LogP contribution in [0.15, 0.2) is 6.20 Å². The van der Waals surface area contributed by atoms with Crippen LogP contribution in [0.4, 0.5) is 11.8 Å². The molecule has 3 rings (SSSR count). The number of rotatable bonds is 4. The molecule has 1 saturated heterocycles. The number of hydrogen-bond acceptors (Lipinski definition) is 6. The molecule has 0 radical (unpaired) electrons. The summed E-state index contributed by atoms with van der Waals surface area (Å²) < 4.78 is 1.77. The summed E-state index contributed by atoms with van der Waals surface area (Å²) in [5.74, 6) is 1.51. The molecule has 1 aliphatic rings. The molecule has 0 atom stereocenters. The van der Waals surface area contributed by atoms with Gasteiger partial charge >= 0.3 is 0 Å². The van der Waals surface area contributed by atoms with Crippen LogP contribution in [0.1, 0.15) is 25.7 Å². The fraction of sp³-hybridized carbons (Fsp3) is 0.643. The number of aliphatic hydroxyl groups excluding tert-OH is 1. The summed E-state index contributed by atoms with van der Waals surface area (Å²) in [5, 5.41) is 17.3. The lowest BCUT2D eigenvalue weighted by Gasteiger charge is -2.21. The molecular weight excluding hydrogens is 268 g/mol. The molecule has 0 unspecified atom stereocenters. The summed E-state index contributed by atoms with van der Waals surface area (Å²) in [6, 6.07) is 0. The van der Waals surface area contributed by atoms with Gasteiger partial charge in [0.25, 0.3) is 0 Å². The van der Waals surface area contributed by atoms with Crippen molar-refractivity contribution in [2.24, 2.45) is 7.05 Å². The van der Waals surface area contributed by atoms with Gasteiger partial charge < -0.3 is 15.3 Å². The van der Waals surface area contributed by atoms with E-state index in [-0.39, 0.29) is 6.61 Å². The van der Waals surface area contributed by atoms with Gasteiger partial charge in [0, 0.05) is 26.7 Å².